The van der Waals surface area contributed by atoms with Crippen LogP contribution in [0.15, 0.2) is 21.9 Å². The molecular weight excluding hydrogens is 272 g/mol. The lowest BCUT2D eigenvalue weighted by atomic mass is 10.0. The summed E-state index contributed by atoms with van der Waals surface area (Å²) in [5.74, 6) is 0.225. The Morgan fingerprint density at radius 1 is 1.38 bits per heavy atom. The van der Waals surface area contributed by atoms with Crippen molar-refractivity contribution in [2.75, 3.05) is 20.6 Å². The SMILES string of the molecule is CC(C)CC(CN(C)C)NC(=O)Cn1ccc(=O)[nH]c1=O. The van der Waals surface area contributed by atoms with Gasteiger partial charge >= 0.3 is 5.69 Å². The molecule has 7 heteroatoms. The number of likely N-dealkylation sites (N-methyl/N-ethyl adjacent to an activating group) is 1. The van der Waals surface area contributed by atoms with Gasteiger partial charge in [-0.15, -0.1) is 0 Å². The molecule has 0 aliphatic heterocycles. The minimum Gasteiger partial charge on any atom is -0.351 e. The Kier molecular flexibility index (Phi) is 6.36. The number of nitrogens with one attached hydrogen (secondary N) is 2. The van der Waals surface area contributed by atoms with Gasteiger partial charge in [0, 0.05) is 24.8 Å². The lowest BCUT2D eigenvalue weighted by molar-refractivity contribution is -0.122. The second-order valence-electron chi connectivity index (χ2n) is 5.89. The van der Waals surface area contributed by atoms with Crippen molar-refractivity contribution in [2.24, 2.45) is 5.92 Å². The molecule has 1 amide bonds. The van der Waals surface area contributed by atoms with Crippen LogP contribution in [-0.2, 0) is 11.3 Å². The Morgan fingerprint density at radius 3 is 2.57 bits per heavy atom. The quantitative estimate of drug-likeness (QED) is 0.718. The molecule has 0 aliphatic carbocycles. The first-order valence-electron chi connectivity index (χ1n) is 7.01. The Balaban J connectivity index is 2.68. The summed E-state index contributed by atoms with van der Waals surface area (Å²) in [7, 11) is 3.90. The molecule has 0 spiro atoms. The van der Waals surface area contributed by atoms with Gasteiger partial charge in [0.05, 0.1) is 0 Å². The van der Waals surface area contributed by atoms with Crippen LogP contribution in [0.1, 0.15) is 20.3 Å². The first-order chi connectivity index (χ1) is 9.77. The third-order valence-electron chi connectivity index (χ3n) is 2.92. The van der Waals surface area contributed by atoms with Crippen molar-refractivity contribution < 1.29 is 4.79 Å². The van der Waals surface area contributed by atoms with Crippen molar-refractivity contribution in [3.63, 3.8) is 0 Å². The van der Waals surface area contributed by atoms with Gasteiger partial charge in [-0.25, -0.2) is 4.79 Å². The molecule has 2 N–H and O–H groups in total. The zero-order valence-corrected chi connectivity index (χ0v) is 13.0. The molecular formula is C14H24N4O3. The van der Waals surface area contributed by atoms with Crippen LogP contribution in [0.2, 0.25) is 0 Å². The van der Waals surface area contributed by atoms with Gasteiger partial charge in [-0.05, 0) is 26.4 Å². The summed E-state index contributed by atoms with van der Waals surface area (Å²) < 4.78 is 1.18. The summed E-state index contributed by atoms with van der Waals surface area (Å²) in [5.41, 5.74) is -1.05. The average molecular weight is 296 g/mol. The monoisotopic (exact) mass is 296 g/mol. The molecule has 0 saturated carbocycles. The number of rotatable bonds is 7. The third kappa shape index (κ3) is 6.40. The number of amides is 1. The van der Waals surface area contributed by atoms with Crippen molar-refractivity contribution in [2.45, 2.75) is 32.9 Å². The molecule has 0 fully saturated rings. The van der Waals surface area contributed by atoms with Crippen molar-refractivity contribution >= 4 is 5.91 Å². The molecule has 1 aromatic heterocycles. The molecule has 0 radical (unpaired) electrons. The summed E-state index contributed by atoms with van der Waals surface area (Å²) in [6, 6.07) is 1.26. The predicted octanol–water partition coefficient (Wildman–Crippen LogP) is -0.371. The van der Waals surface area contributed by atoms with E-state index in [4.69, 9.17) is 0 Å². The second-order valence-corrected chi connectivity index (χ2v) is 5.89. The fourth-order valence-electron chi connectivity index (χ4n) is 2.19. The number of carbonyl (C=O) groups excluding carboxylic acids is 1. The van der Waals surface area contributed by atoms with E-state index in [2.05, 4.69) is 24.1 Å². The highest BCUT2D eigenvalue weighted by Crippen LogP contribution is 2.05. The van der Waals surface area contributed by atoms with Crippen LogP contribution in [0.3, 0.4) is 0 Å². The first-order valence-corrected chi connectivity index (χ1v) is 7.01. The molecule has 1 atom stereocenters. The Morgan fingerprint density at radius 2 is 2.05 bits per heavy atom. The van der Waals surface area contributed by atoms with Gasteiger partial charge in [0.25, 0.3) is 5.56 Å². The molecule has 118 valence electrons. The topological polar surface area (TPSA) is 87.2 Å². The highest BCUT2D eigenvalue weighted by Gasteiger charge is 2.15. The summed E-state index contributed by atoms with van der Waals surface area (Å²) in [5, 5.41) is 2.94. The molecule has 21 heavy (non-hydrogen) atoms. The maximum Gasteiger partial charge on any atom is 0.328 e. The van der Waals surface area contributed by atoms with Crippen LogP contribution in [-0.4, -0.2) is 47.0 Å². The maximum absolute atomic E-state index is 12.0. The molecule has 0 aliphatic rings. The van der Waals surface area contributed by atoms with E-state index < -0.39 is 11.2 Å². The molecule has 1 heterocycles. The van der Waals surface area contributed by atoms with E-state index in [1.54, 1.807) is 0 Å². The van der Waals surface area contributed by atoms with E-state index in [0.717, 1.165) is 13.0 Å². The molecule has 0 saturated heterocycles. The lowest BCUT2D eigenvalue weighted by Crippen LogP contribution is -2.45. The van der Waals surface area contributed by atoms with Gasteiger partial charge in [-0.1, -0.05) is 13.8 Å². The highest BCUT2D eigenvalue weighted by atomic mass is 16.2. The zero-order valence-electron chi connectivity index (χ0n) is 13.0. The number of aromatic nitrogens is 2. The van der Waals surface area contributed by atoms with Gasteiger partial charge in [0.15, 0.2) is 0 Å². The minimum absolute atomic E-state index is 0.0333. The first kappa shape index (κ1) is 17.2. The fourth-order valence-corrected chi connectivity index (χ4v) is 2.19. The van der Waals surface area contributed by atoms with E-state index in [1.165, 1.54) is 16.8 Å². The van der Waals surface area contributed by atoms with Crippen LogP contribution in [0.5, 0.6) is 0 Å². The average Bonchev–Trinajstić information content (AvgIpc) is 2.30. The van der Waals surface area contributed by atoms with Crippen LogP contribution in [0.4, 0.5) is 0 Å². The van der Waals surface area contributed by atoms with E-state index in [0.29, 0.717) is 5.92 Å². The third-order valence-corrected chi connectivity index (χ3v) is 2.92. The number of hydrogen-bond donors (Lipinski definition) is 2. The number of hydrogen-bond acceptors (Lipinski definition) is 4. The van der Waals surface area contributed by atoms with Gasteiger partial charge in [-0.2, -0.15) is 0 Å². The Bertz CT molecular complexity index is 564. The number of carbonyl (C=O) groups is 1. The largest absolute Gasteiger partial charge is 0.351 e. The zero-order chi connectivity index (χ0) is 16.0. The number of H-pyrrole nitrogens is 1. The summed E-state index contributed by atoms with van der Waals surface area (Å²) in [6.45, 7) is 4.84. The number of nitrogens with zero attached hydrogens (tertiary/aromatic N) is 2. The normalized spacial score (nSPS) is 12.7. The molecule has 1 aromatic rings. The molecule has 7 nitrogen and oxygen atoms in total. The van der Waals surface area contributed by atoms with Crippen LogP contribution >= 0.6 is 0 Å². The lowest BCUT2D eigenvalue weighted by Gasteiger charge is -2.24. The number of aromatic amines is 1. The minimum atomic E-state index is -0.578. The van der Waals surface area contributed by atoms with Gasteiger partial charge in [-0.3, -0.25) is 19.1 Å². The molecule has 0 aromatic carbocycles. The van der Waals surface area contributed by atoms with Crippen molar-refractivity contribution in [1.29, 1.82) is 0 Å². The molecule has 0 bridgehead atoms. The maximum atomic E-state index is 12.0. The van der Waals surface area contributed by atoms with Crippen molar-refractivity contribution in [3.05, 3.63) is 33.1 Å². The van der Waals surface area contributed by atoms with E-state index in [-0.39, 0.29) is 18.5 Å². The van der Waals surface area contributed by atoms with Crippen molar-refractivity contribution in [3.8, 4) is 0 Å². The summed E-state index contributed by atoms with van der Waals surface area (Å²) >= 11 is 0. The molecule has 1 rings (SSSR count). The summed E-state index contributed by atoms with van der Waals surface area (Å²) in [4.78, 5) is 38.7. The van der Waals surface area contributed by atoms with Gasteiger partial charge < -0.3 is 10.2 Å². The smallest absolute Gasteiger partial charge is 0.328 e. The molecule has 1 unspecified atom stereocenters. The Hall–Kier alpha value is -1.89. The highest BCUT2D eigenvalue weighted by molar-refractivity contribution is 5.76. The Labute approximate surface area is 124 Å². The van der Waals surface area contributed by atoms with Crippen LogP contribution in [0.25, 0.3) is 0 Å². The summed E-state index contributed by atoms with van der Waals surface area (Å²) in [6.07, 6.45) is 2.19. The second kappa shape index (κ2) is 7.78. The van der Waals surface area contributed by atoms with E-state index >= 15 is 0 Å². The fraction of sp³-hybridized carbons (Fsp3) is 0.643. The van der Waals surface area contributed by atoms with Gasteiger partial charge in [0.1, 0.15) is 6.54 Å². The van der Waals surface area contributed by atoms with Crippen molar-refractivity contribution in [1.82, 2.24) is 19.8 Å². The van der Waals surface area contributed by atoms with Crippen LogP contribution < -0.4 is 16.6 Å². The van der Waals surface area contributed by atoms with Gasteiger partial charge in [0.2, 0.25) is 5.91 Å². The van der Waals surface area contributed by atoms with E-state index in [1.807, 2.05) is 19.0 Å². The van der Waals surface area contributed by atoms with E-state index in [9.17, 15) is 14.4 Å². The standard InChI is InChI=1S/C14H24N4O3/c1-10(2)7-11(8-17(3)4)15-13(20)9-18-6-5-12(19)16-14(18)21/h5-6,10-11H,7-9H2,1-4H3,(H,15,20)(H,16,19,21). The van der Waals surface area contributed by atoms with Crippen LogP contribution in [0, 0.1) is 5.92 Å². The predicted molar refractivity (Wildman–Crippen MR) is 81.3 cm³/mol.